The van der Waals surface area contributed by atoms with E-state index in [-0.39, 0.29) is 0 Å². The third-order valence-corrected chi connectivity index (χ3v) is 4.88. The molecule has 1 heterocycles. The molecule has 0 atom stereocenters. The van der Waals surface area contributed by atoms with Crippen molar-refractivity contribution in [3.63, 3.8) is 0 Å². The Bertz CT molecular complexity index is 926. The Balaban J connectivity index is 1.81. The predicted octanol–water partition coefficient (Wildman–Crippen LogP) is 6.75. The lowest BCUT2D eigenvalue weighted by atomic mass is 10.0. The maximum absolute atomic E-state index is 2.31. The van der Waals surface area contributed by atoms with Crippen molar-refractivity contribution in [3.8, 4) is 22.0 Å². The Morgan fingerprint density at radius 1 is 0.500 bits per heavy atom. The Hall–Kier alpha value is -2.43. The summed E-state index contributed by atoms with van der Waals surface area (Å²) in [7, 11) is 1.26. The van der Waals surface area contributed by atoms with Gasteiger partial charge in [0.2, 0.25) is 0 Å². The largest absolute Gasteiger partial charge is 0.0678 e. The van der Waals surface area contributed by atoms with Crippen LogP contribution >= 0.6 is 8.19 Å². The molecule has 0 N–H and O–H groups in total. The van der Waals surface area contributed by atoms with Gasteiger partial charge in [0.1, 0.15) is 0 Å². The molecule has 0 saturated heterocycles. The number of hydrogen-bond acceptors (Lipinski definition) is 0. The van der Waals surface area contributed by atoms with Crippen molar-refractivity contribution >= 4 is 19.0 Å². The lowest BCUT2D eigenvalue weighted by Gasteiger charge is -2.07. The standard InChI is InChI=1S/C21H15P/c1-2-6-16(7-3-1)19-12-13-22-21(15-19)20-11-10-17-8-4-5-9-18(17)14-20/h1-15H. The van der Waals surface area contributed by atoms with Gasteiger partial charge in [0.05, 0.1) is 0 Å². The lowest BCUT2D eigenvalue weighted by Crippen LogP contribution is -1.79. The minimum Gasteiger partial charge on any atom is -0.0678 e. The van der Waals surface area contributed by atoms with Crippen molar-refractivity contribution in [1.29, 1.82) is 0 Å². The van der Waals surface area contributed by atoms with Crippen LogP contribution < -0.4 is 0 Å². The summed E-state index contributed by atoms with van der Waals surface area (Å²) in [5.41, 5.74) is 3.85. The Morgan fingerprint density at radius 3 is 2.14 bits per heavy atom. The molecule has 4 aromatic rings. The molecular weight excluding hydrogens is 283 g/mol. The Morgan fingerprint density at radius 2 is 1.27 bits per heavy atom. The molecule has 1 aromatic heterocycles. The van der Waals surface area contributed by atoms with Gasteiger partial charge in [-0.15, -0.1) is 0 Å². The van der Waals surface area contributed by atoms with E-state index in [1.54, 1.807) is 0 Å². The number of benzene rings is 3. The Kier molecular flexibility index (Phi) is 3.46. The van der Waals surface area contributed by atoms with E-state index in [4.69, 9.17) is 0 Å². The lowest BCUT2D eigenvalue weighted by molar-refractivity contribution is 1.65. The maximum atomic E-state index is 2.31. The highest BCUT2D eigenvalue weighted by Crippen LogP contribution is 2.33. The summed E-state index contributed by atoms with van der Waals surface area (Å²) >= 11 is 0. The van der Waals surface area contributed by atoms with E-state index in [0.29, 0.717) is 0 Å². The maximum Gasteiger partial charge on any atom is 0.00966 e. The minimum atomic E-state index is 1.26. The van der Waals surface area contributed by atoms with Crippen LogP contribution in [0.3, 0.4) is 0 Å². The third kappa shape index (κ3) is 2.54. The molecule has 104 valence electrons. The van der Waals surface area contributed by atoms with Gasteiger partial charge in [-0.1, -0.05) is 74.9 Å². The molecule has 3 aromatic carbocycles. The van der Waals surface area contributed by atoms with E-state index >= 15 is 0 Å². The second kappa shape index (κ2) is 5.75. The van der Waals surface area contributed by atoms with E-state index in [1.165, 1.54) is 41.0 Å². The first-order valence-electron chi connectivity index (χ1n) is 7.41. The first-order valence-corrected chi connectivity index (χ1v) is 8.37. The molecule has 0 bridgehead atoms. The fraction of sp³-hybridized carbons (Fsp3) is 0. The highest BCUT2D eigenvalue weighted by atomic mass is 31.0. The number of rotatable bonds is 2. The van der Waals surface area contributed by atoms with Crippen LogP contribution in [0, 0.1) is 0 Å². The number of fused-ring (bicyclic) bond motifs is 1. The van der Waals surface area contributed by atoms with E-state index in [9.17, 15) is 0 Å². The fourth-order valence-corrected chi connectivity index (χ4v) is 3.64. The molecule has 22 heavy (non-hydrogen) atoms. The van der Waals surface area contributed by atoms with Crippen LogP contribution in [-0.2, 0) is 0 Å². The van der Waals surface area contributed by atoms with Gasteiger partial charge in [0, 0.05) is 5.30 Å². The van der Waals surface area contributed by atoms with Crippen LogP contribution in [0.5, 0.6) is 0 Å². The summed E-state index contributed by atoms with van der Waals surface area (Å²) < 4.78 is 0. The smallest absolute Gasteiger partial charge is 0.00966 e. The molecular formula is C21H15P. The van der Waals surface area contributed by atoms with Crippen molar-refractivity contribution in [2.75, 3.05) is 0 Å². The molecule has 0 aliphatic carbocycles. The monoisotopic (exact) mass is 298 g/mol. The van der Waals surface area contributed by atoms with Gasteiger partial charge in [-0.3, -0.25) is 0 Å². The molecule has 1 heteroatoms. The molecule has 4 rings (SSSR count). The predicted molar refractivity (Wildman–Crippen MR) is 97.3 cm³/mol. The Labute approximate surface area is 132 Å². The molecule has 0 radical (unpaired) electrons. The van der Waals surface area contributed by atoms with Gasteiger partial charge >= 0.3 is 0 Å². The van der Waals surface area contributed by atoms with Crippen LogP contribution in [0.2, 0.25) is 0 Å². The van der Waals surface area contributed by atoms with Crippen LogP contribution in [0.1, 0.15) is 0 Å². The SMILES string of the molecule is c1ccc(-c2ccpc(-c3ccc4ccccc4c3)c2)cc1. The average molecular weight is 298 g/mol. The molecule has 0 saturated carbocycles. The molecule has 0 amide bonds. The third-order valence-electron chi connectivity index (χ3n) is 3.91. The van der Waals surface area contributed by atoms with Gasteiger partial charge in [0.15, 0.2) is 0 Å². The molecule has 0 aliphatic rings. The zero-order chi connectivity index (χ0) is 14.8. The van der Waals surface area contributed by atoms with Crippen molar-refractivity contribution in [3.05, 3.63) is 90.7 Å². The quantitative estimate of drug-likeness (QED) is 0.384. The van der Waals surface area contributed by atoms with E-state index in [0.717, 1.165) is 0 Å². The summed E-state index contributed by atoms with van der Waals surface area (Å²) in [6.45, 7) is 0. The van der Waals surface area contributed by atoms with Crippen LogP contribution in [0.15, 0.2) is 90.7 Å². The zero-order valence-electron chi connectivity index (χ0n) is 12.1. The average Bonchev–Trinajstić information content (AvgIpc) is 2.62. The van der Waals surface area contributed by atoms with Gasteiger partial charge in [-0.25, -0.2) is 0 Å². The summed E-state index contributed by atoms with van der Waals surface area (Å²) in [5, 5.41) is 3.95. The second-order valence-electron chi connectivity index (χ2n) is 5.36. The topological polar surface area (TPSA) is 0 Å². The normalized spacial score (nSPS) is 11.1. The van der Waals surface area contributed by atoms with Crippen LogP contribution in [0.25, 0.3) is 32.8 Å². The zero-order valence-corrected chi connectivity index (χ0v) is 13.0. The first kappa shape index (κ1) is 13.2. The van der Waals surface area contributed by atoms with E-state index < -0.39 is 0 Å². The van der Waals surface area contributed by atoms with Crippen LogP contribution in [-0.4, -0.2) is 0 Å². The number of hydrogen-bond donors (Lipinski definition) is 0. The van der Waals surface area contributed by atoms with Gasteiger partial charge in [0.25, 0.3) is 0 Å². The first-order chi connectivity index (χ1) is 10.9. The molecule has 0 aliphatic heterocycles. The highest BCUT2D eigenvalue weighted by Gasteiger charge is 2.03. The summed E-state index contributed by atoms with van der Waals surface area (Å²) in [5.74, 6) is 2.23. The fourth-order valence-electron chi connectivity index (χ4n) is 2.75. The molecule has 0 spiro atoms. The van der Waals surface area contributed by atoms with Crippen LogP contribution in [0.4, 0.5) is 0 Å². The minimum absolute atomic E-state index is 1.26. The summed E-state index contributed by atoms with van der Waals surface area (Å²) in [6.07, 6.45) is 0. The molecule has 0 nitrogen and oxygen atoms in total. The molecule has 0 fully saturated rings. The van der Waals surface area contributed by atoms with Crippen molar-refractivity contribution in [2.24, 2.45) is 0 Å². The molecule has 0 unspecified atom stereocenters. The van der Waals surface area contributed by atoms with E-state index in [1.807, 2.05) is 0 Å². The summed E-state index contributed by atoms with van der Waals surface area (Å²) in [6, 6.07) is 30.3. The van der Waals surface area contributed by atoms with Crippen molar-refractivity contribution < 1.29 is 0 Å². The van der Waals surface area contributed by atoms with Crippen molar-refractivity contribution in [1.82, 2.24) is 0 Å². The second-order valence-corrected chi connectivity index (χ2v) is 6.40. The van der Waals surface area contributed by atoms with Crippen molar-refractivity contribution in [2.45, 2.75) is 0 Å². The highest BCUT2D eigenvalue weighted by molar-refractivity contribution is 7.33. The summed E-state index contributed by atoms with van der Waals surface area (Å²) in [4.78, 5) is 0. The van der Waals surface area contributed by atoms with Gasteiger partial charge in [-0.05, 0) is 51.5 Å². The van der Waals surface area contributed by atoms with Gasteiger partial charge in [-0.2, -0.15) is 0 Å². The van der Waals surface area contributed by atoms with E-state index in [2.05, 4.69) is 90.7 Å². The van der Waals surface area contributed by atoms with Gasteiger partial charge < -0.3 is 0 Å².